The summed E-state index contributed by atoms with van der Waals surface area (Å²) in [6.07, 6.45) is 4.64. The van der Waals surface area contributed by atoms with Gasteiger partial charge in [-0.25, -0.2) is 4.79 Å². The smallest absolute Gasteiger partial charge is 0.410 e. The Hall–Kier alpha value is -1.41. The molecule has 1 aromatic carbocycles. The number of hydrogen-bond donors (Lipinski definition) is 1. The van der Waals surface area contributed by atoms with Crippen molar-refractivity contribution in [1.82, 2.24) is 4.90 Å². The molecule has 1 amide bonds. The summed E-state index contributed by atoms with van der Waals surface area (Å²) in [6, 6.07) is 9.95. The van der Waals surface area contributed by atoms with E-state index in [4.69, 9.17) is 13.9 Å². The molecule has 7 heteroatoms. The molecule has 5 atom stereocenters. The van der Waals surface area contributed by atoms with Crippen molar-refractivity contribution in [1.29, 1.82) is 0 Å². The third-order valence-corrected chi connectivity index (χ3v) is 14.7. The maximum absolute atomic E-state index is 13.5. The zero-order chi connectivity index (χ0) is 26.5. The average molecular weight is 520 g/mol. The summed E-state index contributed by atoms with van der Waals surface area (Å²) in [4.78, 5) is 15.5. The van der Waals surface area contributed by atoms with E-state index in [1.165, 1.54) is 0 Å². The lowest BCUT2D eigenvalue weighted by atomic mass is 9.91. The molecule has 2 saturated heterocycles. The highest BCUT2D eigenvalue weighted by Gasteiger charge is 2.49. The van der Waals surface area contributed by atoms with Crippen LogP contribution in [0, 0.1) is 0 Å². The van der Waals surface area contributed by atoms with Gasteiger partial charge in [0.15, 0.2) is 0 Å². The molecule has 2 aliphatic rings. The number of aliphatic hydroxyl groups excluding tert-OH is 1. The second kappa shape index (κ2) is 12.9. The number of epoxide rings is 1. The van der Waals surface area contributed by atoms with Gasteiger partial charge in [0.1, 0.15) is 12.7 Å². The van der Waals surface area contributed by atoms with Gasteiger partial charge in [-0.3, -0.25) is 4.90 Å². The van der Waals surface area contributed by atoms with E-state index in [-0.39, 0.29) is 49.7 Å². The maximum Gasteiger partial charge on any atom is 0.410 e. The minimum Gasteiger partial charge on any atom is -0.445 e. The molecule has 2 fully saturated rings. The van der Waals surface area contributed by atoms with Crippen molar-refractivity contribution in [3.8, 4) is 0 Å². The Morgan fingerprint density at radius 2 is 1.67 bits per heavy atom. The zero-order valence-corrected chi connectivity index (χ0v) is 24.5. The number of amides is 1. The lowest BCUT2D eigenvalue weighted by molar-refractivity contribution is -0.0146. The molecule has 6 nitrogen and oxygen atoms in total. The normalized spacial score (nSPS) is 26.6. The summed E-state index contributed by atoms with van der Waals surface area (Å²) in [5, 5.41) is 9.26. The summed E-state index contributed by atoms with van der Waals surface area (Å²) in [6.45, 7) is 16.4. The number of rotatable bonds is 12. The van der Waals surface area contributed by atoms with Crippen molar-refractivity contribution in [2.75, 3.05) is 6.61 Å². The number of ether oxygens (including phenoxy) is 2. The SMILES string of the molecule is CC(C)[Si](O[C@@H]1CC[C@H](CCC[C@@H]2O[C@H]2CO)N(C(=O)OCc2ccccc2)[C@H]1C)(C(C)C)C(C)C. The van der Waals surface area contributed by atoms with Crippen molar-refractivity contribution in [2.24, 2.45) is 0 Å². The van der Waals surface area contributed by atoms with Gasteiger partial charge in [0.2, 0.25) is 8.32 Å². The highest BCUT2D eigenvalue weighted by atomic mass is 28.4. The Labute approximate surface area is 219 Å². The number of hydrogen-bond acceptors (Lipinski definition) is 5. The fourth-order valence-corrected chi connectivity index (χ4v) is 12.3. The van der Waals surface area contributed by atoms with Gasteiger partial charge < -0.3 is 19.0 Å². The molecule has 0 saturated carbocycles. The van der Waals surface area contributed by atoms with E-state index in [1.54, 1.807) is 0 Å². The number of nitrogens with zero attached hydrogens (tertiary/aromatic N) is 1. The first-order chi connectivity index (χ1) is 17.1. The van der Waals surface area contributed by atoms with Gasteiger partial charge in [-0.2, -0.15) is 0 Å². The van der Waals surface area contributed by atoms with Crippen LogP contribution in [0.25, 0.3) is 0 Å². The molecular formula is C29H49NO5Si. The number of benzene rings is 1. The first-order valence-corrected chi connectivity index (χ1v) is 16.2. The number of likely N-dealkylation sites (tertiary alicyclic amines) is 1. The highest BCUT2D eigenvalue weighted by molar-refractivity contribution is 6.77. The predicted octanol–water partition coefficient (Wildman–Crippen LogP) is 6.67. The van der Waals surface area contributed by atoms with E-state index in [9.17, 15) is 9.90 Å². The van der Waals surface area contributed by atoms with E-state index in [0.717, 1.165) is 37.7 Å². The monoisotopic (exact) mass is 519 g/mol. The first kappa shape index (κ1) is 29.1. The van der Waals surface area contributed by atoms with Crippen LogP contribution in [-0.4, -0.2) is 61.4 Å². The molecule has 3 rings (SSSR count). The lowest BCUT2D eigenvalue weighted by Crippen LogP contribution is -2.60. The van der Waals surface area contributed by atoms with Gasteiger partial charge in [0, 0.05) is 6.04 Å². The second-order valence-electron chi connectivity index (χ2n) is 11.7. The number of carbonyl (C=O) groups excluding carboxylic acids is 1. The Morgan fingerprint density at radius 1 is 1.03 bits per heavy atom. The molecule has 0 aliphatic carbocycles. The van der Waals surface area contributed by atoms with E-state index >= 15 is 0 Å². The minimum atomic E-state index is -2.08. The van der Waals surface area contributed by atoms with Crippen LogP contribution in [0.4, 0.5) is 4.79 Å². The lowest BCUT2D eigenvalue weighted by Gasteiger charge is -2.50. The molecular weight excluding hydrogens is 470 g/mol. The highest BCUT2D eigenvalue weighted by Crippen LogP contribution is 2.45. The summed E-state index contributed by atoms with van der Waals surface area (Å²) >= 11 is 0. The summed E-state index contributed by atoms with van der Waals surface area (Å²) in [5.74, 6) is 0. The average Bonchev–Trinajstić information content (AvgIpc) is 3.60. The van der Waals surface area contributed by atoms with Gasteiger partial charge in [-0.1, -0.05) is 71.9 Å². The Bertz CT molecular complexity index is 795. The van der Waals surface area contributed by atoms with Gasteiger partial charge in [-0.15, -0.1) is 0 Å². The van der Waals surface area contributed by atoms with Crippen LogP contribution in [-0.2, 0) is 20.5 Å². The molecule has 2 aliphatic heterocycles. The molecule has 2 heterocycles. The van der Waals surface area contributed by atoms with E-state index in [1.807, 2.05) is 35.2 Å². The maximum atomic E-state index is 13.5. The van der Waals surface area contributed by atoms with Crippen molar-refractivity contribution >= 4 is 14.4 Å². The predicted molar refractivity (Wildman–Crippen MR) is 146 cm³/mol. The van der Waals surface area contributed by atoms with Gasteiger partial charge >= 0.3 is 6.09 Å². The van der Waals surface area contributed by atoms with Crippen LogP contribution in [0.2, 0.25) is 16.6 Å². The van der Waals surface area contributed by atoms with Gasteiger partial charge in [0.05, 0.1) is 24.9 Å². The molecule has 0 aromatic heterocycles. The number of aliphatic hydroxyl groups is 1. The Kier molecular flexibility index (Phi) is 10.4. The molecule has 1 aromatic rings. The molecule has 0 bridgehead atoms. The fraction of sp³-hybridized carbons (Fsp3) is 0.759. The minimum absolute atomic E-state index is 0.00110. The van der Waals surface area contributed by atoms with E-state index in [0.29, 0.717) is 16.6 Å². The Morgan fingerprint density at radius 3 is 2.22 bits per heavy atom. The van der Waals surface area contributed by atoms with Crippen LogP contribution in [0.15, 0.2) is 30.3 Å². The van der Waals surface area contributed by atoms with Crippen LogP contribution in [0.5, 0.6) is 0 Å². The number of carbonyl (C=O) groups is 1. The van der Waals surface area contributed by atoms with Crippen LogP contribution in [0.3, 0.4) is 0 Å². The molecule has 204 valence electrons. The van der Waals surface area contributed by atoms with Crippen LogP contribution >= 0.6 is 0 Å². The topological polar surface area (TPSA) is 71.5 Å². The van der Waals surface area contributed by atoms with E-state index in [2.05, 4.69) is 48.5 Å². The van der Waals surface area contributed by atoms with Gasteiger partial charge in [-0.05, 0) is 61.2 Å². The summed E-state index contributed by atoms with van der Waals surface area (Å²) in [5.41, 5.74) is 2.49. The van der Waals surface area contributed by atoms with Crippen molar-refractivity contribution in [2.45, 2.75) is 134 Å². The van der Waals surface area contributed by atoms with Crippen LogP contribution < -0.4 is 0 Å². The Balaban J connectivity index is 1.73. The molecule has 1 N–H and O–H groups in total. The third kappa shape index (κ3) is 6.71. The molecule has 0 spiro atoms. The first-order valence-electron chi connectivity index (χ1n) is 14.0. The van der Waals surface area contributed by atoms with Crippen LogP contribution in [0.1, 0.15) is 86.1 Å². The fourth-order valence-electron chi connectivity index (χ4n) is 6.62. The molecule has 0 unspecified atom stereocenters. The zero-order valence-electron chi connectivity index (χ0n) is 23.5. The van der Waals surface area contributed by atoms with E-state index < -0.39 is 8.32 Å². The van der Waals surface area contributed by atoms with Crippen molar-refractivity contribution < 1.29 is 23.8 Å². The summed E-state index contributed by atoms with van der Waals surface area (Å²) < 4.78 is 18.5. The second-order valence-corrected chi connectivity index (χ2v) is 17.1. The largest absolute Gasteiger partial charge is 0.445 e. The van der Waals surface area contributed by atoms with Crippen molar-refractivity contribution in [3.63, 3.8) is 0 Å². The quantitative estimate of drug-likeness (QED) is 0.247. The van der Waals surface area contributed by atoms with Crippen molar-refractivity contribution in [3.05, 3.63) is 35.9 Å². The molecule has 36 heavy (non-hydrogen) atoms. The molecule has 0 radical (unpaired) electrons. The number of piperidine rings is 1. The third-order valence-electron chi connectivity index (χ3n) is 8.53. The summed E-state index contributed by atoms with van der Waals surface area (Å²) in [7, 11) is -2.08. The van der Waals surface area contributed by atoms with Gasteiger partial charge in [0.25, 0.3) is 0 Å². The standard InChI is InChI=1S/C29H49NO5Si/c1-20(2)36(21(3)4,22(5)6)35-26-17-16-25(14-11-15-27-28(18-31)34-27)30(23(26)7)29(32)33-19-24-12-9-8-10-13-24/h8-10,12-13,20-23,25-28,31H,11,14-19H2,1-7H3/t23-,25-,26+,27-,28-/m0/s1.